The van der Waals surface area contributed by atoms with Gasteiger partial charge in [0, 0.05) is 17.6 Å². The average molecular weight is 360 g/mol. The molecule has 2 aromatic heterocycles. The van der Waals surface area contributed by atoms with Crippen molar-refractivity contribution in [3.05, 3.63) is 41.2 Å². The Kier molecular flexibility index (Phi) is 6.02. The van der Waals surface area contributed by atoms with Crippen molar-refractivity contribution < 1.29 is 23.5 Å². The van der Waals surface area contributed by atoms with Crippen LogP contribution < -0.4 is 5.49 Å². The normalized spacial score (nSPS) is 11.9. The van der Waals surface area contributed by atoms with Gasteiger partial charge in [-0.2, -0.15) is 0 Å². The maximum atomic E-state index is 12.6. The van der Waals surface area contributed by atoms with Gasteiger partial charge in [-0.3, -0.25) is 4.99 Å². The first-order valence-electron chi connectivity index (χ1n) is 8.35. The zero-order valence-electron chi connectivity index (χ0n) is 15.9. The SMILES string of the molecule is COC(=O)c1c(-c2ccco2)cc(=NC(C)C)n(C(C)C)c1C(=O)OC. The van der Waals surface area contributed by atoms with E-state index in [0.29, 0.717) is 16.8 Å². The molecule has 0 aliphatic heterocycles. The van der Waals surface area contributed by atoms with E-state index in [9.17, 15) is 9.59 Å². The lowest BCUT2D eigenvalue weighted by molar-refractivity contribution is 0.0542. The minimum atomic E-state index is -0.651. The van der Waals surface area contributed by atoms with Gasteiger partial charge in [0.05, 0.1) is 20.5 Å². The van der Waals surface area contributed by atoms with Crippen molar-refractivity contribution in [1.29, 1.82) is 0 Å². The van der Waals surface area contributed by atoms with Crippen LogP contribution in [0, 0.1) is 0 Å². The Bertz CT molecular complexity index is 861. The molecule has 0 saturated heterocycles. The molecule has 2 rings (SSSR count). The molecule has 140 valence electrons. The summed E-state index contributed by atoms with van der Waals surface area (Å²) in [6.07, 6.45) is 1.50. The van der Waals surface area contributed by atoms with Crippen molar-refractivity contribution in [3.8, 4) is 11.3 Å². The molecule has 0 aromatic carbocycles. The predicted molar refractivity (Wildman–Crippen MR) is 95.9 cm³/mol. The molecule has 7 nitrogen and oxygen atoms in total. The molecule has 0 unspecified atom stereocenters. The van der Waals surface area contributed by atoms with E-state index >= 15 is 0 Å². The summed E-state index contributed by atoms with van der Waals surface area (Å²) in [5.41, 5.74) is 1.15. The van der Waals surface area contributed by atoms with Crippen LogP contribution in [0.3, 0.4) is 0 Å². The third kappa shape index (κ3) is 3.71. The monoisotopic (exact) mass is 360 g/mol. The Morgan fingerprint density at radius 3 is 2.23 bits per heavy atom. The number of furan rings is 1. The van der Waals surface area contributed by atoms with Crippen LogP contribution in [-0.4, -0.2) is 36.8 Å². The molecular weight excluding hydrogens is 336 g/mol. The molecule has 0 aliphatic rings. The molecule has 0 spiro atoms. The number of ether oxygens (including phenoxy) is 2. The zero-order chi connectivity index (χ0) is 19.4. The summed E-state index contributed by atoms with van der Waals surface area (Å²) in [6, 6.07) is 4.99. The molecule has 0 aliphatic carbocycles. The van der Waals surface area contributed by atoms with Gasteiger partial charge in [-0.1, -0.05) is 0 Å². The first-order chi connectivity index (χ1) is 12.3. The second-order valence-corrected chi connectivity index (χ2v) is 6.29. The summed E-state index contributed by atoms with van der Waals surface area (Å²) in [4.78, 5) is 29.8. The average Bonchev–Trinajstić information content (AvgIpc) is 3.12. The van der Waals surface area contributed by atoms with Crippen molar-refractivity contribution in [2.75, 3.05) is 14.2 Å². The van der Waals surface area contributed by atoms with E-state index in [-0.39, 0.29) is 23.3 Å². The van der Waals surface area contributed by atoms with Crippen LogP contribution in [-0.2, 0) is 9.47 Å². The third-order valence-corrected chi connectivity index (χ3v) is 3.73. The van der Waals surface area contributed by atoms with E-state index < -0.39 is 11.9 Å². The molecule has 2 aromatic rings. The third-order valence-electron chi connectivity index (χ3n) is 3.73. The van der Waals surface area contributed by atoms with Gasteiger partial charge in [-0.05, 0) is 45.9 Å². The summed E-state index contributed by atoms with van der Waals surface area (Å²) in [7, 11) is 2.54. The lowest BCUT2D eigenvalue weighted by Gasteiger charge is -2.21. The Morgan fingerprint density at radius 2 is 1.77 bits per heavy atom. The molecule has 26 heavy (non-hydrogen) atoms. The summed E-state index contributed by atoms with van der Waals surface area (Å²) in [5.74, 6) is -0.860. The molecule has 0 bridgehead atoms. The van der Waals surface area contributed by atoms with Gasteiger partial charge < -0.3 is 18.5 Å². The topological polar surface area (TPSA) is 83.0 Å². The van der Waals surface area contributed by atoms with Crippen molar-refractivity contribution in [3.63, 3.8) is 0 Å². The smallest absolute Gasteiger partial charge is 0.355 e. The Labute approximate surface area is 152 Å². The van der Waals surface area contributed by atoms with Crippen LogP contribution in [0.2, 0.25) is 0 Å². The van der Waals surface area contributed by atoms with Gasteiger partial charge in [0.1, 0.15) is 22.5 Å². The highest BCUT2D eigenvalue weighted by Gasteiger charge is 2.29. The molecule has 0 amide bonds. The number of esters is 2. The maximum Gasteiger partial charge on any atom is 0.355 e. The van der Waals surface area contributed by atoms with Gasteiger partial charge in [-0.15, -0.1) is 0 Å². The number of aromatic nitrogens is 1. The first kappa shape index (κ1) is 19.5. The Hall–Kier alpha value is -2.83. The van der Waals surface area contributed by atoms with E-state index in [1.54, 1.807) is 22.8 Å². The van der Waals surface area contributed by atoms with Crippen LogP contribution >= 0.6 is 0 Å². The molecule has 0 atom stereocenters. The zero-order valence-corrected chi connectivity index (χ0v) is 15.9. The minimum absolute atomic E-state index is 0.0149. The maximum absolute atomic E-state index is 12.6. The molecule has 0 saturated carbocycles. The number of nitrogens with zero attached hydrogens (tertiary/aromatic N) is 2. The number of carbonyl (C=O) groups is 2. The second-order valence-electron chi connectivity index (χ2n) is 6.29. The number of pyridine rings is 1. The van der Waals surface area contributed by atoms with Gasteiger partial charge >= 0.3 is 11.9 Å². The highest BCUT2D eigenvalue weighted by molar-refractivity contribution is 6.06. The number of hydrogen-bond acceptors (Lipinski definition) is 6. The molecular formula is C19H24N2O5. The number of methoxy groups -OCH3 is 2. The predicted octanol–water partition coefficient (Wildman–Crippen LogP) is 3.21. The van der Waals surface area contributed by atoms with Crippen molar-refractivity contribution >= 4 is 11.9 Å². The van der Waals surface area contributed by atoms with E-state index in [1.807, 2.05) is 27.7 Å². The van der Waals surface area contributed by atoms with Crippen molar-refractivity contribution in [2.24, 2.45) is 4.99 Å². The van der Waals surface area contributed by atoms with Gasteiger partial charge in [0.25, 0.3) is 0 Å². The fourth-order valence-electron chi connectivity index (χ4n) is 2.75. The molecule has 7 heteroatoms. The first-order valence-corrected chi connectivity index (χ1v) is 8.35. The van der Waals surface area contributed by atoms with Crippen LogP contribution in [0.1, 0.15) is 54.6 Å². The summed E-state index contributed by atoms with van der Waals surface area (Å²) in [5, 5.41) is 0. The second kappa shape index (κ2) is 8.03. The molecule has 2 heterocycles. The lowest BCUT2D eigenvalue weighted by atomic mass is 10.0. The summed E-state index contributed by atoms with van der Waals surface area (Å²) < 4.78 is 17.0. The molecule has 0 N–H and O–H groups in total. The van der Waals surface area contributed by atoms with E-state index in [1.165, 1.54) is 20.5 Å². The van der Waals surface area contributed by atoms with E-state index in [2.05, 4.69) is 4.99 Å². The van der Waals surface area contributed by atoms with Gasteiger partial charge in [0.2, 0.25) is 0 Å². The van der Waals surface area contributed by atoms with Crippen LogP contribution in [0.25, 0.3) is 11.3 Å². The molecule has 0 fully saturated rings. The van der Waals surface area contributed by atoms with Gasteiger partial charge in [-0.25, -0.2) is 9.59 Å². The minimum Gasteiger partial charge on any atom is -0.465 e. The lowest BCUT2D eigenvalue weighted by Crippen LogP contribution is -2.33. The fraction of sp³-hybridized carbons (Fsp3) is 0.421. The van der Waals surface area contributed by atoms with Gasteiger partial charge in [0.15, 0.2) is 0 Å². The largest absolute Gasteiger partial charge is 0.465 e. The van der Waals surface area contributed by atoms with Crippen LogP contribution in [0.15, 0.2) is 33.9 Å². The highest BCUT2D eigenvalue weighted by Crippen LogP contribution is 2.28. The van der Waals surface area contributed by atoms with Crippen molar-refractivity contribution in [1.82, 2.24) is 4.57 Å². The number of hydrogen-bond donors (Lipinski definition) is 0. The van der Waals surface area contributed by atoms with Crippen LogP contribution in [0.5, 0.6) is 0 Å². The summed E-state index contributed by atoms with van der Waals surface area (Å²) >= 11 is 0. The highest BCUT2D eigenvalue weighted by atomic mass is 16.5. The Balaban J connectivity index is 3.07. The molecule has 0 radical (unpaired) electrons. The number of rotatable bonds is 5. The number of carbonyl (C=O) groups excluding carboxylic acids is 2. The van der Waals surface area contributed by atoms with Crippen LogP contribution in [0.4, 0.5) is 0 Å². The van der Waals surface area contributed by atoms with E-state index in [0.717, 1.165) is 0 Å². The fourth-order valence-corrected chi connectivity index (χ4v) is 2.75. The van der Waals surface area contributed by atoms with E-state index in [4.69, 9.17) is 13.9 Å². The van der Waals surface area contributed by atoms with Crippen molar-refractivity contribution in [2.45, 2.75) is 39.8 Å². The summed E-state index contributed by atoms with van der Waals surface area (Å²) in [6.45, 7) is 7.67. The standard InChI is InChI=1S/C19H24N2O5/c1-11(2)20-15-10-13(14-8-7-9-26-14)16(18(22)24-5)17(19(23)25-6)21(15)12(3)4/h7-12H,1-6H3. The quantitative estimate of drug-likeness (QED) is 0.765. The Morgan fingerprint density at radius 1 is 1.12 bits per heavy atom.